The standard InChI is InChI=1S/C21H20N2O5S/c1-13-3-5-14(6-4-13)20(25)22-21-23(8-7-19(24)26-2)15-11-16-17(12-18(15)29-21)28-10-9-27-16/h3-6,11-12H,7-10H2,1-2H3. The topological polar surface area (TPSA) is 79.1 Å². The largest absolute Gasteiger partial charge is 0.486 e. The van der Waals surface area contributed by atoms with Crippen molar-refractivity contribution in [1.82, 2.24) is 4.57 Å². The molecular weight excluding hydrogens is 392 g/mol. The second-order valence-corrected chi connectivity index (χ2v) is 7.62. The molecule has 1 aromatic heterocycles. The van der Waals surface area contributed by atoms with E-state index in [4.69, 9.17) is 14.2 Å². The smallest absolute Gasteiger partial charge is 0.307 e. The molecule has 8 heteroatoms. The molecule has 2 heterocycles. The average Bonchev–Trinajstić information content (AvgIpc) is 3.06. The van der Waals surface area contributed by atoms with E-state index in [-0.39, 0.29) is 18.3 Å². The zero-order valence-electron chi connectivity index (χ0n) is 16.1. The number of fused-ring (bicyclic) bond motifs is 2. The molecule has 29 heavy (non-hydrogen) atoms. The molecule has 0 spiro atoms. The number of nitrogens with zero attached hydrogens (tertiary/aromatic N) is 2. The van der Waals surface area contributed by atoms with E-state index in [1.807, 2.05) is 35.8 Å². The van der Waals surface area contributed by atoms with Gasteiger partial charge in [-0.15, -0.1) is 0 Å². The highest BCUT2D eigenvalue weighted by Gasteiger charge is 2.17. The molecule has 0 N–H and O–H groups in total. The van der Waals surface area contributed by atoms with Crippen molar-refractivity contribution >= 4 is 33.4 Å². The van der Waals surface area contributed by atoms with Gasteiger partial charge in [0.05, 0.1) is 23.7 Å². The summed E-state index contributed by atoms with van der Waals surface area (Å²) in [7, 11) is 1.35. The Morgan fingerprint density at radius 1 is 1.14 bits per heavy atom. The Morgan fingerprint density at radius 3 is 2.52 bits per heavy atom. The molecule has 150 valence electrons. The van der Waals surface area contributed by atoms with Crippen LogP contribution in [0.2, 0.25) is 0 Å². The number of amides is 1. The van der Waals surface area contributed by atoms with Gasteiger partial charge in [0.25, 0.3) is 5.91 Å². The van der Waals surface area contributed by atoms with Crippen molar-refractivity contribution in [3.63, 3.8) is 0 Å². The van der Waals surface area contributed by atoms with Gasteiger partial charge >= 0.3 is 5.97 Å². The maximum atomic E-state index is 12.7. The van der Waals surface area contributed by atoms with Gasteiger partial charge in [0, 0.05) is 24.2 Å². The molecular formula is C21H20N2O5S. The number of hydrogen-bond acceptors (Lipinski definition) is 6. The summed E-state index contributed by atoms with van der Waals surface area (Å²) in [4.78, 5) is 29.2. The van der Waals surface area contributed by atoms with Crippen molar-refractivity contribution in [2.45, 2.75) is 19.9 Å². The molecule has 3 aromatic rings. The third-order valence-electron chi connectivity index (χ3n) is 4.61. The number of aryl methyl sites for hydroxylation is 2. The average molecular weight is 412 g/mol. The number of rotatable bonds is 4. The van der Waals surface area contributed by atoms with E-state index in [0.717, 1.165) is 15.8 Å². The van der Waals surface area contributed by atoms with Crippen LogP contribution in [-0.4, -0.2) is 36.8 Å². The number of carbonyl (C=O) groups is 2. The lowest BCUT2D eigenvalue weighted by Crippen LogP contribution is -2.19. The molecule has 0 saturated heterocycles. The maximum Gasteiger partial charge on any atom is 0.307 e. The highest BCUT2D eigenvalue weighted by Crippen LogP contribution is 2.35. The first-order valence-corrected chi connectivity index (χ1v) is 10.0. The van der Waals surface area contributed by atoms with Gasteiger partial charge in [-0.3, -0.25) is 9.59 Å². The molecule has 1 aliphatic rings. The second-order valence-electron chi connectivity index (χ2n) is 6.61. The lowest BCUT2D eigenvalue weighted by atomic mass is 10.1. The normalized spacial score (nSPS) is 13.5. The van der Waals surface area contributed by atoms with Crippen molar-refractivity contribution in [1.29, 1.82) is 0 Å². The summed E-state index contributed by atoms with van der Waals surface area (Å²) in [6.45, 7) is 3.28. The van der Waals surface area contributed by atoms with Crippen molar-refractivity contribution in [2.24, 2.45) is 4.99 Å². The summed E-state index contributed by atoms with van der Waals surface area (Å²) in [6.07, 6.45) is 0.169. The number of aromatic nitrogens is 1. The fourth-order valence-electron chi connectivity index (χ4n) is 3.06. The molecule has 7 nitrogen and oxygen atoms in total. The van der Waals surface area contributed by atoms with Crippen LogP contribution in [0.25, 0.3) is 10.2 Å². The van der Waals surface area contributed by atoms with Crippen molar-refractivity contribution in [3.05, 3.63) is 52.3 Å². The molecule has 0 fully saturated rings. The zero-order chi connectivity index (χ0) is 20.4. The molecule has 0 atom stereocenters. The van der Waals surface area contributed by atoms with E-state index in [0.29, 0.717) is 41.6 Å². The van der Waals surface area contributed by atoms with Crippen LogP contribution in [0, 0.1) is 6.92 Å². The van der Waals surface area contributed by atoms with Crippen molar-refractivity contribution in [3.8, 4) is 11.5 Å². The molecule has 2 aromatic carbocycles. The predicted molar refractivity (Wildman–Crippen MR) is 109 cm³/mol. The Balaban J connectivity index is 1.81. The lowest BCUT2D eigenvalue weighted by Gasteiger charge is -2.18. The van der Waals surface area contributed by atoms with Gasteiger partial charge in [0.2, 0.25) is 0 Å². The van der Waals surface area contributed by atoms with E-state index < -0.39 is 0 Å². The Hall–Kier alpha value is -3.13. The minimum atomic E-state index is -0.333. The highest BCUT2D eigenvalue weighted by molar-refractivity contribution is 7.16. The van der Waals surface area contributed by atoms with Crippen LogP contribution in [0.5, 0.6) is 11.5 Å². The minimum absolute atomic E-state index is 0.169. The predicted octanol–water partition coefficient (Wildman–Crippen LogP) is 3.09. The first-order chi connectivity index (χ1) is 14.0. The van der Waals surface area contributed by atoms with Crippen LogP contribution >= 0.6 is 11.3 Å². The monoisotopic (exact) mass is 412 g/mol. The SMILES string of the molecule is COC(=O)CCn1c(=NC(=O)c2ccc(C)cc2)sc2cc3c(cc21)OCCO3. The summed E-state index contributed by atoms with van der Waals surface area (Å²) < 4.78 is 18.8. The van der Waals surface area contributed by atoms with Gasteiger partial charge < -0.3 is 18.8 Å². The molecule has 1 aliphatic heterocycles. The van der Waals surface area contributed by atoms with Gasteiger partial charge in [-0.05, 0) is 19.1 Å². The van der Waals surface area contributed by atoms with E-state index in [2.05, 4.69) is 4.99 Å². The Kier molecular flexibility index (Phi) is 5.35. The molecule has 0 radical (unpaired) electrons. The molecule has 0 aliphatic carbocycles. The van der Waals surface area contributed by atoms with E-state index in [1.165, 1.54) is 18.4 Å². The fraction of sp³-hybridized carbons (Fsp3) is 0.286. The zero-order valence-corrected chi connectivity index (χ0v) is 17.0. The number of benzene rings is 2. The third-order valence-corrected chi connectivity index (χ3v) is 5.65. The molecule has 4 rings (SSSR count). The minimum Gasteiger partial charge on any atom is -0.486 e. The fourth-order valence-corrected chi connectivity index (χ4v) is 4.13. The lowest BCUT2D eigenvalue weighted by molar-refractivity contribution is -0.140. The van der Waals surface area contributed by atoms with Crippen LogP contribution in [0.1, 0.15) is 22.3 Å². The summed E-state index contributed by atoms with van der Waals surface area (Å²) in [6, 6.07) is 11.0. The first kappa shape index (κ1) is 19.2. The van der Waals surface area contributed by atoms with Crippen LogP contribution in [0.3, 0.4) is 0 Å². The van der Waals surface area contributed by atoms with Gasteiger partial charge in [-0.1, -0.05) is 29.0 Å². The molecule has 0 saturated carbocycles. The number of thiazole rings is 1. The van der Waals surface area contributed by atoms with Crippen LogP contribution in [-0.2, 0) is 16.1 Å². The van der Waals surface area contributed by atoms with E-state index in [1.54, 1.807) is 12.1 Å². The highest BCUT2D eigenvalue weighted by atomic mass is 32.1. The van der Waals surface area contributed by atoms with Gasteiger partial charge in [0.1, 0.15) is 13.2 Å². The molecule has 1 amide bonds. The Bertz CT molecular complexity index is 1140. The number of carbonyl (C=O) groups excluding carboxylic acids is 2. The van der Waals surface area contributed by atoms with Crippen molar-refractivity contribution < 1.29 is 23.8 Å². The van der Waals surface area contributed by atoms with Crippen molar-refractivity contribution in [2.75, 3.05) is 20.3 Å². The quantitative estimate of drug-likeness (QED) is 0.616. The summed E-state index contributed by atoms with van der Waals surface area (Å²) in [5.74, 6) is 0.650. The number of ether oxygens (including phenoxy) is 3. The van der Waals surface area contributed by atoms with Gasteiger partial charge in [0.15, 0.2) is 16.3 Å². The maximum absolute atomic E-state index is 12.7. The summed E-state index contributed by atoms with van der Waals surface area (Å²) in [5, 5.41) is 0. The molecule has 0 unspecified atom stereocenters. The van der Waals surface area contributed by atoms with E-state index in [9.17, 15) is 9.59 Å². The second kappa shape index (κ2) is 8.08. The van der Waals surface area contributed by atoms with Crippen LogP contribution < -0.4 is 14.3 Å². The summed E-state index contributed by atoms with van der Waals surface area (Å²) >= 11 is 1.37. The van der Waals surface area contributed by atoms with E-state index >= 15 is 0 Å². The Morgan fingerprint density at radius 2 is 1.83 bits per heavy atom. The number of esters is 1. The van der Waals surface area contributed by atoms with Gasteiger partial charge in [-0.25, -0.2) is 0 Å². The third kappa shape index (κ3) is 4.02. The first-order valence-electron chi connectivity index (χ1n) is 9.20. The van der Waals surface area contributed by atoms with Gasteiger partial charge in [-0.2, -0.15) is 4.99 Å². The number of hydrogen-bond donors (Lipinski definition) is 0. The number of methoxy groups -OCH3 is 1. The van der Waals surface area contributed by atoms with Crippen LogP contribution in [0.4, 0.5) is 0 Å². The van der Waals surface area contributed by atoms with Crippen LogP contribution in [0.15, 0.2) is 41.4 Å². The summed E-state index contributed by atoms with van der Waals surface area (Å²) in [5.41, 5.74) is 2.42. The Labute approximate surface area is 171 Å². The molecule has 0 bridgehead atoms.